The quantitative estimate of drug-likeness (QED) is 0.191. The molecule has 3 saturated heterocycles. The van der Waals surface area contributed by atoms with Crippen molar-refractivity contribution in [1.82, 2.24) is 14.7 Å². The van der Waals surface area contributed by atoms with Crippen molar-refractivity contribution >= 4 is 29.1 Å². The largest absolute Gasteiger partial charge is 0.416 e. The van der Waals surface area contributed by atoms with Crippen LogP contribution in [0.15, 0.2) is 36.4 Å². The van der Waals surface area contributed by atoms with Crippen molar-refractivity contribution in [2.45, 2.75) is 101 Å². The summed E-state index contributed by atoms with van der Waals surface area (Å²) < 4.78 is 81.0. The maximum atomic E-state index is 13.7. The molecule has 1 amide bonds. The van der Waals surface area contributed by atoms with E-state index in [1.807, 2.05) is 12.1 Å². The third kappa shape index (κ3) is 9.61. The van der Waals surface area contributed by atoms with Crippen molar-refractivity contribution in [1.29, 1.82) is 0 Å². The summed E-state index contributed by atoms with van der Waals surface area (Å²) in [6.07, 6.45) is 0.727. The number of rotatable bonds is 9. The Labute approximate surface area is 289 Å². The van der Waals surface area contributed by atoms with E-state index in [9.17, 15) is 31.1 Å². The van der Waals surface area contributed by atoms with E-state index in [-0.39, 0.29) is 11.6 Å². The minimum absolute atomic E-state index is 0.0894. The lowest BCUT2D eigenvalue weighted by molar-refractivity contribution is -0.143. The van der Waals surface area contributed by atoms with Crippen LogP contribution in [0, 0.1) is 0 Å². The first kappa shape index (κ1) is 37.3. The number of carbonyl (C=O) groups is 1. The lowest BCUT2D eigenvalue weighted by atomic mass is 9.73. The van der Waals surface area contributed by atoms with Gasteiger partial charge in [-0.15, -0.1) is 0 Å². The number of hydrogen-bond donors (Lipinski definition) is 0. The van der Waals surface area contributed by atoms with E-state index in [1.165, 1.54) is 45.2 Å². The number of likely N-dealkylation sites (tertiary alicyclic amines) is 3. The molecule has 2 aromatic rings. The molecule has 3 aliphatic rings. The molecule has 4 nitrogen and oxygen atoms in total. The molecule has 3 fully saturated rings. The molecule has 0 bridgehead atoms. The fraction of sp³-hybridized carbons (Fsp3) is 0.639. The van der Waals surface area contributed by atoms with Crippen molar-refractivity contribution in [3.8, 4) is 0 Å². The molecule has 0 radical (unpaired) electrons. The van der Waals surface area contributed by atoms with E-state index in [0.717, 1.165) is 57.3 Å². The van der Waals surface area contributed by atoms with Gasteiger partial charge in [0, 0.05) is 24.5 Å². The van der Waals surface area contributed by atoms with Crippen LogP contribution in [-0.2, 0) is 29.0 Å². The Morgan fingerprint density at radius 3 is 2.04 bits per heavy atom. The first-order valence-electron chi connectivity index (χ1n) is 17.2. The number of piperidine rings is 2. The van der Waals surface area contributed by atoms with Crippen molar-refractivity contribution in [3.05, 3.63) is 68.7 Å². The molecule has 3 aliphatic heterocycles. The Bertz CT molecular complexity index is 1360. The fourth-order valence-electron chi connectivity index (χ4n) is 7.91. The normalized spacial score (nSPS) is 22.5. The van der Waals surface area contributed by atoms with Gasteiger partial charge in [0.2, 0.25) is 5.91 Å². The molecule has 0 saturated carbocycles. The highest BCUT2D eigenvalue weighted by molar-refractivity contribution is 6.42. The highest BCUT2D eigenvalue weighted by Gasteiger charge is 2.39. The third-order valence-electron chi connectivity index (χ3n) is 10.6. The molecule has 0 aliphatic carbocycles. The van der Waals surface area contributed by atoms with Crippen LogP contribution >= 0.6 is 23.2 Å². The van der Waals surface area contributed by atoms with E-state index in [2.05, 4.69) is 9.80 Å². The number of hydrogen-bond acceptors (Lipinski definition) is 3. The van der Waals surface area contributed by atoms with Crippen LogP contribution in [0.25, 0.3) is 0 Å². The molecule has 1 atom stereocenters. The van der Waals surface area contributed by atoms with Crippen LogP contribution in [0.4, 0.5) is 26.3 Å². The number of carbonyl (C=O) groups excluding carboxylic acids is 1. The van der Waals surface area contributed by atoms with E-state index in [4.69, 9.17) is 23.2 Å². The zero-order valence-electron chi connectivity index (χ0n) is 27.3. The number of nitrogens with zero attached hydrogens (tertiary/aromatic N) is 3. The Morgan fingerprint density at radius 2 is 1.42 bits per heavy atom. The van der Waals surface area contributed by atoms with Crippen LogP contribution in [0.5, 0.6) is 0 Å². The van der Waals surface area contributed by atoms with Crippen LogP contribution in [0.2, 0.25) is 10.0 Å². The number of halogens is 8. The summed E-state index contributed by atoms with van der Waals surface area (Å²) >= 11 is 12.7. The summed E-state index contributed by atoms with van der Waals surface area (Å²) in [7, 11) is 0. The zero-order chi connectivity index (χ0) is 34.5. The predicted molar refractivity (Wildman–Crippen MR) is 177 cm³/mol. The molecular weight excluding hydrogens is 675 g/mol. The van der Waals surface area contributed by atoms with Crippen molar-refractivity contribution in [2.75, 3.05) is 45.8 Å². The molecule has 266 valence electrons. The number of amides is 1. The lowest BCUT2D eigenvalue weighted by Crippen LogP contribution is -2.46. The Morgan fingerprint density at radius 1 is 0.771 bits per heavy atom. The topological polar surface area (TPSA) is 26.8 Å². The zero-order valence-corrected chi connectivity index (χ0v) is 28.8. The first-order valence-corrected chi connectivity index (χ1v) is 18.0. The second kappa shape index (κ2) is 15.9. The maximum absolute atomic E-state index is 13.7. The van der Waals surface area contributed by atoms with E-state index >= 15 is 0 Å². The smallest absolute Gasteiger partial charge is 0.342 e. The molecule has 0 aromatic heterocycles. The Kier molecular flexibility index (Phi) is 12.3. The SMILES string of the molecule is O=C(Cc1cc(C(F)(F)F)cc(C(F)(F)F)c1)N1CCCC[C@@](CCCCN2CCC(N3CCCCC3)CC2)(c2ccc(Cl)c(Cl)c2)C1. The molecule has 0 spiro atoms. The van der Waals surface area contributed by atoms with Crippen LogP contribution in [0.3, 0.4) is 0 Å². The highest BCUT2D eigenvalue weighted by Crippen LogP contribution is 2.41. The minimum Gasteiger partial charge on any atom is -0.342 e. The molecule has 48 heavy (non-hydrogen) atoms. The van der Waals surface area contributed by atoms with Gasteiger partial charge in [-0.1, -0.05) is 48.5 Å². The van der Waals surface area contributed by atoms with Gasteiger partial charge in [0.15, 0.2) is 0 Å². The second-order valence-corrected chi connectivity index (χ2v) is 14.7. The van der Waals surface area contributed by atoms with Gasteiger partial charge in [-0.25, -0.2) is 0 Å². The average Bonchev–Trinajstić information content (AvgIpc) is 3.28. The minimum atomic E-state index is -4.98. The van der Waals surface area contributed by atoms with Gasteiger partial charge >= 0.3 is 12.4 Å². The first-order chi connectivity index (χ1) is 22.7. The summed E-state index contributed by atoms with van der Waals surface area (Å²) in [6.45, 7) is 6.28. The highest BCUT2D eigenvalue weighted by atomic mass is 35.5. The Hall–Kier alpha value is -2.01. The van der Waals surface area contributed by atoms with Gasteiger partial charge in [-0.05, 0) is 126 Å². The Balaban J connectivity index is 1.28. The lowest BCUT2D eigenvalue weighted by Gasteiger charge is -2.40. The maximum Gasteiger partial charge on any atom is 0.416 e. The van der Waals surface area contributed by atoms with Crippen LogP contribution in [-0.4, -0.2) is 72.5 Å². The molecule has 5 rings (SSSR count). The summed E-state index contributed by atoms with van der Waals surface area (Å²) in [4.78, 5) is 20.5. The second-order valence-electron chi connectivity index (χ2n) is 13.9. The monoisotopic (exact) mass is 719 g/mol. The molecule has 3 heterocycles. The summed E-state index contributed by atoms with van der Waals surface area (Å²) in [6, 6.07) is 7.57. The van der Waals surface area contributed by atoms with Crippen molar-refractivity contribution in [3.63, 3.8) is 0 Å². The molecule has 0 N–H and O–H groups in total. The number of alkyl halides is 6. The van der Waals surface area contributed by atoms with Crippen LogP contribution in [0.1, 0.15) is 92.9 Å². The standard InChI is InChI=1S/C36H45Cl2F6N3O/c37-31-9-8-27(24-32(31)38)34(12-2-6-14-45-18-10-30(11-19-45)46-15-4-1-5-16-46)13-3-7-17-47(25-34)33(48)22-26-20-28(35(39,40)41)23-29(21-26)36(42,43)44/h8-9,20-21,23-24,30H,1-7,10-19,22,25H2/t34-/m1/s1. The molecule has 2 aromatic carbocycles. The van der Waals surface area contributed by atoms with Crippen LogP contribution < -0.4 is 0 Å². The van der Waals surface area contributed by atoms with Gasteiger partial charge in [0.25, 0.3) is 0 Å². The van der Waals surface area contributed by atoms with Gasteiger partial charge in [0.05, 0.1) is 27.6 Å². The van der Waals surface area contributed by atoms with E-state index < -0.39 is 41.2 Å². The molecular formula is C36H45Cl2F6N3O. The predicted octanol–water partition coefficient (Wildman–Crippen LogP) is 9.64. The van der Waals surface area contributed by atoms with E-state index in [0.29, 0.717) is 47.7 Å². The molecule has 12 heteroatoms. The number of benzene rings is 2. The summed E-state index contributed by atoms with van der Waals surface area (Å²) in [5.74, 6) is -0.495. The van der Waals surface area contributed by atoms with Gasteiger partial charge in [0.1, 0.15) is 0 Å². The summed E-state index contributed by atoms with van der Waals surface area (Å²) in [5, 5.41) is 0.811. The average molecular weight is 721 g/mol. The van der Waals surface area contributed by atoms with Crippen molar-refractivity contribution in [2.24, 2.45) is 0 Å². The van der Waals surface area contributed by atoms with Gasteiger partial charge < -0.3 is 14.7 Å². The van der Waals surface area contributed by atoms with E-state index in [1.54, 1.807) is 11.0 Å². The van der Waals surface area contributed by atoms with Crippen molar-refractivity contribution < 1.29 is 31.1 Å². The third-order valence-corrected chi connectivity index (χ3v) is 11.3. The summed E-state index contributed by atoms with van der Waals surface area (Å²) in [5.41, 5.74) is -2.69. The number of unbranched alkanes of at least 4 members (excludes halogenated alkanes) is 1. The van der Waals surface area contributed by atoms with Gasteiger partial charge in [-0.2, -0.15) is 26.3 Å². The van der Waals surface area contributed by atoms with Gasteiger partial charge in [-0.3, -0.25) is 4.79 Å². The fourth-order valence-corrected chi connectivity index (χ4v) is 8.21. The molecule has 0 unspecified atom stereocenters.